The third kappa shape index (κ3) is 1.99. The van der Waals surface area contributed by atoms with E-state index >= 15 is 0 Å². The van der Waals surface area contributed by atoms with Crippen LogP contribution in [0, 0.1) is 17.8 Å². The van der Waals surface area contributed by atoms with Gasteiger partial charge >= 0.3 is 5.97 Å². The summed E-state index contributed by atoms with van der Waals surface area (Å²) < 4.78 is 0. The fraction of sp³-hybridized carbons (Fsp3) is 0.900. The predicted octanol–water partition coefficient (Wildman–Crippen LogP) is 2.53. The van der Waals surface area contributed by atoms with E-state index in [2.05, 4.69) is 13.8 Å². The molecule has 0 aromatic carbocycles. The third-order valence-electron chi connectivity index (χ3n) is 3.17. The van der Waals surface area contributed by atoms with Gasteiger partial charge in [-0.25, -0.2) is 0 Å². The zero-order valence-corrected chi connectivity index (χ0v) is 7.92. The molecule has 1 N–H and O–H groups in total. The van der Waals surface area contributed by atoms with Crippen molar-refractivity contribution < 1.29 is 9.90 Å². The van der Waals surface area contributed by atoms with E-state index in [1.54, 1.807) is 0 Å². The fourth-order valence-electron chi connectivity index (χ4n) is 2.25. The highest BCUT2D eigenvalue weighted by atomic mass is 16.4. The summed E-state index contributed by atoms with van der Waals surface area (Å²) in [5.41, 5.74) is 0. The molecule has 3 atom stereocenters. The van der Waals surface area contributed by atoms with Crippen molar-refractivity contribution in [2.24, 2.45) is 17.8 Å². The highest BCUT2D eigenvalue weighted by molar-refractivity contribution is 5.70. The monoisotopic (exact) mass is 170 g/mol. The molecule has 0 aromatic rings. The van der Waals surface area contributed by atoms with Gasteiger partial charge in [0.1, 0.15) is 0 Å². The molecule has 0 radical (unpaired) electrons. The molecular weight excluding hydrogens is 152 g/mol. The third-order valence-corrected chi connectivity index (χ3v) is 3.17. The summed E-state index contributed by atoms with van der Waals surface area (Å²) in [4.78, 5) is 10.8. The van der Waals surface area contributed by atoms with Crippen molar-refractivity contribution in [3.05, 3.63) is 0 Å². The molecule has 0 aromatic heterocycles. The van der Waals surface area contributed by atoms with Gasteiger partial charge in [0, 0.05) is 0 Å². The second kappa shape index (κ2) is 3.92. The lowest BCUT2D eigenvalue weighted by atomic mass is 9.74. The largest absolute Gasteiger partial charge is 0.481 e. The smallest absolute Gasteiger partial charge is 0.306 e. The maximum atomic E-state index is 10.8. The Kier molecular flexibility index (Phi) is 3.12. The summed E-state index contributed by atoms with van der Waals surface area (Å²) in [7, 11) is 0. The van der Waals surface area contributed by atoms with Crippen LogP contribution in [0.4, 0.5) is 0 Å². The molecule has 1 saturated carbocycles. The van der Waals surface area contributed by atoms with Crippen molar-refractivity contribution in [1.82, 2.24) is 0 Å². The molecule has 3 unspecified atom stereocenters. The molecule has 1 aliphatic rings. The van der Waals surface area contributed by atoms with Gasteiger partial charge in [0.15, 0.2) is 0 Å². The average Bonchev–Trinajstić information content (AvgIpc) is 2.03. The molecule has 2 nitrogen and oxygen atoms in total. The van der Waals surface area contributed by atoms with E-state index in [-0.39, 0.29) is 5.92 Å². The van der Waals surface area contributed by atoms with Crippen LogP contribution in [0.15, 0.2) is 0 Å². The van der Waals surface area contributed by atoms with Gasteiger partial charge in [-0.3, -0.25) is 4.79 Å². The summed E-state index contributed by atoms with van der Waals surface area (Å²) in [5.74, 6) is 0.474. The Morgan fingerprint density at radius 3 is 2.58 bits per heavy atom. The van der Waals surface area contributed by atoms with Crippen molar-refractivity contribution >= 4 is 5.97 Å². The number of rotatable bonds is 2. The quantitative estimate of drug-likeness (QED) is 0.691. The molecular formula is C10H18O2. The molecule has 0 heterocycles. The normalized spacial score (nSPS) is 36.3. The van der Waals surface area contributed by atoms with E-state index in [4.69, 9.17) is 5.11 Å². The minimum atomic E-state index is -0.600. The molecule has 0 saturated heterocycles. The molecule has 0 aliphatic heterocycles. The standard InChI is InChI=1S/C10H18O2/c1-3-8-4-5-9(10(11)12)7(2)6-8/h7-9H,3-6H2,1-2H3,(H,11,12). The summed E-state index contributed by atoms with van der Waals surface area (Å²) in [6, 6.07) is 0. The maximum Gasteiger partial charge on any atom is 0.306 e. The van der Waals surface area contributed by atoms with Crippen LogP contribution in [0.2, 0.25) is 0 Å². The Hall–Kier alpha value is -0.530. The molecule has 1 fully saturated rings. The minimum Gasteiger partial charge on any atom is -0.481 e. The summed E-state index contributed by atoms with van der Waals surface area (Å²) in [6.07, 6.45) is 4.30. The topological polar surface area (TPSA) is 37.3 Å². The van der Waals surface area contributed by atoms with Crippen LogP contribution in [0.3, 0.4) is 0 Å². The first-order valence-electron chi connectivity index (χ1n) is 4.88. The maximum absolute atomic E-state index is 10.8. The van der Waals surface area contributed by atoms with Crippen LogP contribution in [0.5, 0.6) is 0 Å². The van der Waals surface area contributed by atoms with Gasteiger partial charge in [0.05, 0.1) is 5.92 Å². The van der Waals surface area contributed by atoms with Crippen LogP contribution in [0.25, 0.3) is 0 Å². The van der Waals surface area contributed by atoms with Crippen molar-refractivity contribution in [2.75, 3.05) is 0 Å². The van der Waals surface area contributed by atoms with Gasteiger partial charge in [-0.15, -0.1) is 0 Å². The number of carbonyl (C=O) groups is 1. The lowest BCUT2D eigenvalue weighted by Gasteiger charge is -2.30. The zero-order chi connectivity index (χ0) is 9.14. The Labute approximate surface area is 74.0 Å². The van der Waals surface area contributed by atoms with E-state index in [9.17, 15) is 4.79 Å². The lowest BCUT2D eigenvalue weighted by Crippen LogP contribution is -2.28. The highest BCUT2D eigenvalue weighted by Gasteiger charge is 2.31. The Balaban J connectivity index is 2.47. The van der Waals surface area contributed by atoms with Gasteiger partial charge in [0.2, 0.25) is 0 Å². The van der Waals surface area contributed by atoms with Crippen molar-refractivity contribution in [1.29, 1.82) is 0 Å². The van der Waals surface area contributed by atoms with Crippen LogP contribution in [-0.2, 0) is 4.79 Å². The Morgan fingerprint density at radius 2 is 2.17 bits per heavy atom. The average molecular weight is 170 g/mol. The first kappa shape index (κ1) is 9.56. The van der Waals surface area contributed by atoms with Crippen LogP contribution < -0.4 is 0 Å². The number of carboxylic acid groups (broad SMARTS) is 1. The predicted molar refractivity (Wildman–Crippen MR) is 47.9 cm³/mol. The Morgan fingerprint density at radius 1 is 1.50 bits per heavy atom. The second-order valence-corrected chi connectivity index (χ2v) is 4.01. The summed E-state index contributed by atoms with van der Waals surface area (Å²) in [5, 5.41) is 8.87. The molecule has 1 rings (SSSR count). The van der Waals surface area contributed by atoms with Gasteiger partial charge in [-0.1, -0.05) is 20.3 Å². The minimum absolute atomic E-state index is 0.0761. The van der Waals surface area contributed by atoms with Gasteiger partial charge in [0.25, 0.3) is 0 Å². The first-order valence-corrected chi connectivity index (χ1v) is 4.88. The van der Waals surface area contributed by atoms with E-state index in [1.807, 2.05) is 0 Å². The van der Waals surface area contributed by atoms with Crippen molar-refractivity contribution in [3.63, 3.8) is 0 Å². The summed E-state index contributed by atoms with van der Waals surface area (Å²) in [6.45, 7) is 4.26. The van der Waals surface area contributed by atoms with Gasteiger partial charge < -0.3 is 5.11 Å². The molecule has 12 heavy (non-hydrogen) atoms. The molecule has 2 heteroatoms. The second-order valence-electron chi connectivity index (χ2n) is 4.01. The van der Waals surface area contributed by atoms with E-state index in [1.165, 1.54) is 6.42 Å². The van der Waals surface area contributed by atoms with Crippen molar-refractivity contribution in [3.8, 4) is 0 Å². The molecule has 1 aliphatic carbocycles. The van der Waals surface area contributed by atoms with Crippen LogP contribution in [0.1, 0.15) is 39.5 Å². The van der Waals surface area contributed by atoms with Crippen LogP contribution in [-0.4, -0.2) is 11.1 Å². The molecule has 70 valence electrons. The highest BCUT2D eigenvalue weighted by Crippen LogP contribution is 2.35. The van der Waals surface area contributed by atoms with Gasteiger partial charge in [-0.05, 0) is 31.1 Å². The number of carboxylic acids is 1. The van der Waals surface area contributed by atoms with E-state index in [0.717, 1.165) is 25.2 Å². The summed E-state index contributed by atoms with van der Waals surface area (Å²) >= 11 is 0. The molecule has 0 spiro atoms. The number of hydrogen-bond acceptors (Lipinski definition) is 1. The Bertz CT molecular complexity index is 165. The number of aliphatic carboxylic acids is 1. The SMILES string of the molecule is CCC1CCC(C(=O)O)C(C)C1. The molecule has 0 bridgehead atoms. The van der Waals surface area contributed by atoms with Crippen molar-refractivity contribution in [2.45, 2.75) is 39.5 Å². The van der Waals surface area contributed by atoms with Crippen LogP contribution >= 0.6 is 0 Å². The van der Waals surface area contributed by atoms with E-state index < -0.39 is 5.97 Å². The zero-order valence-electron chi connectivity index (χ0n) is 7.92. The van der Waals surface area contributed by atoms with E-state index in [0.29, 0.717) is 5.92 Å². The number of hydrogen-bond donors (Lipinski definition) is 1. The first-order chi connectivity index (χ1) is 5.65. The fourth-order valence-corrected chi connectivity index (χ4v) is 2.25. The molecule has 0 amide bonds. The lowest BCUT2D eigenvalue weighted by molar-refractivity contribution is -0.145. The van der Waals surface area contributed by atoms with Gasteiger partial charge in [-0.2, -0.15) is 0 Å².